The minimum Gasteiger partial charge on any atom is -0.457 e. The van der Waals surface area contributed by atoms with Crippen LogP contribution in [0.1, 0.15) is 59.8 Å². The van der Waals surface area contributed by atoms with Gasteiger partial charge < -0.3 is 15.8 Å². The van der Waals surface area contributed by atoms with Gasteiger partial charge >= 0.3 is 0 Å². The maximum atomic E-state index is 12.3. The van der Waals surface area contributed by atoms with Crippen molar-refractivity contribution in [2.75, 3.05) is 5.73 Å². The number of aryl methyl sites for hydroxylation is 1. The Balaban J connectivity index is 1.60. The molecule has 30 heavy (non-hydrogen) atoms. The number of hydrogen-bond donors (Lipinski definition) is 2. The van der Waals surface area contributed by atoms with Gasteiger partial charge in [0.2, 0.25) is 0 Å². The van der Waals surface area contributed by atoms with Crippen molar-refractivity contribution in [1.29, 1.82) is 0 Å². The van der Waals surface area contributed by atoms with Gasteiger partial charge in [-0.3, -0.25) is 4.79 Å². The molecule has 0 aliphatic carbocycles. The molecule has 0 saturated carbocycles. The van der Waals surface area contributed by atoms with E-state index in [0.29, 0.717) is 18.0 Å². The lowest BCUT2D eigenvalue weighted by Crippen LogP contribution is -2.24. The highest BCUT2D eigenvalue weighted by molar-refractivity contribution is 5.98. The molecular weight excluding hydrogens is 374 g/mol. The van der Waals surface area contributed by atoms with Crippen molar-refractivity contribution in [3.63, 3.8) is 0 Å². The molecule has 2 aromatic carbocycles. The van der Waals surface area contributed by atoms with Gasteiger partial charge in [-0.25, -0.2) is 4.98 Å². The summed E-state index contributed by atoms with van der Waals surface area (Å²) in [6.07, 6.45) is 2.23. The van der Waals surface area contributed by atoms with Gasteiger partial charge in [-0.15, -0.1) is 0 Å². The first-order valence-electron chi connectivity index (χ1n) is 10.4. The van der Waals surface area contributed by atoms with Crippen LogP contribution in [0.25, 0.3) is 0 Å². The highest BCUT2D eigenvalue weighted by Crippen LogP contribution is 2.28. The zero-order valence-electron chi connectivity index (χ0n) is 17.8. The summed E-state index contributed by atoms with van der Waals surface area (Å²) in [6, 6.07) is 19.5. The third-order valence-corrected chi connectivity index (χ3v) is 5.24. The number of ether oxygens (including phenoxy) is 1. The van der Waals surface area contributed by atoms with E-state index in [1.807, 2.05) is 43.3 Å². The van der Waals surface area contributed by atoms with Crippen molar-refractivity contribution >= 4 is 11.7 Å². The molecule has 5 heteroatoms. The van der Waals surface area contributed by atoms with Gasteiger partial charge in [-0.05, 0) is 73.2 Å². The van der Waals surface area contributed by atoms with Crippen LogP contribution in [0.15, 0.2) is 60.7 Å². The van der Waals surface area contributed by atoms with E-state index in [4.69, 9.17) is 10.5 Å². The minimum absolute atomic E-state index is 0.237. The normalized spacial score (nSPS) is 10.8. The summed E-state index contributed by atoms with van der Waals surface area (Å²) in [7, 11) is 0. The monoisotopic (exact) mass is 403 g/mol. The van der Waals surface area contributed by atoms with Crippen LogP contribution in [-0.2, 0) is 6.54 Å². The van der Waals surface area contributed by atoms with Gasteiger partial charge in [-0.1, -0.05) is 38.1 Å². The van der Waals surface area contributed by atoms with Gasteiger partial charge in [0, 0.05) is 12.2 Å². The van der Waals surface area contributed by atoms with Crippen LogP contribution in [-0.4, -0.2) is 10.9 Å². The summed E-state index contributed by atoms with van der Waals surface area (Å²) in [5, 5.41) is 2.88. The van der Waals surface area contributed by atoms with Crippen LogP contribution in [0.5, 0.6) is 11.5 Å². The lowest BCUT2D eigenvalue weighted by atomic mass is 9.94. The molecule has 0 aliphatic heterocycles. The minimum atomic E-state index is -0.237. The maximum absolute atomic E-state index is 12.3. The average Bonchev–Trinajstić information content (AvgIpc) is 2.74. The fourth-order valence-corrected chi connectivity index (χ4v) is 3.45. The van der Waals surface area contributed by atoms with Gasteiger partial charge in [0.1, 0.15) is 17.3 Å². The van der Waals surface area contributed by atoms with E-state index < -0.39 is 0 Å². The number of carbonyl (C=O) groups excluding carboxylic acids is 1. The second-order valence-electron chi connectivity index (χ2n) is 7.40. The van der Waals surface area contributed by atoms with Crippen molar-refractivity contribution < 1.29 is 9.53 Å². The molecule has 156 valence electrons. The first kappa shape index (κ1) is 21.4. The van der Waals surface area contributed by atoms with Crippen LogP contribution in [0.2, 0.25) is 0 Å². The van der Waals surface area contributed by atoms with Crippen molar-refractivity contribution in [2.45, 2.75) is 46.1 Å². The van der Waals surface area contributed by atoms with Crippen LogP contribution in [0, 0.1) is 6.92 Å². The molecule has 5 nitrogen and oxygen atoms in total. The molecule has 3 N–H and O–H groups in total. The molecule has 0 saturated heterocycles. The predicted octanol–water partition coefficient (Wildman–Crippen LogP) is 5.60. The summed E-state index contributed by atoms with van der Waals surface area (Å²) >= 11 is 0. The number of rotatable bonds is 8. The Morgan fingerprint density at radius 2 is 1.77 bits per heavy atom. The molecule has 0 atom stereocenters. The molecule has 0 spiro atoms. The van der Waals surface area contributed by atoms with E-state index in [1.165, 1.54) is 5.56 Å². The van der Waals surface area contributed by atoms with Gasteiger partial charge in [0.05, 0.1) is 5.56 Å². The zero-order valence-corrected chi connectivity index (χ0v) is 17.8. The molecule has 0 radical (unpaired) electrons. The van der Waals surface area contributed by atoms with Crippen LogP contribution in [0.4, 0.5) is 5.82 Å². The maximum Gasteiger partial charge on any atom is 0.255 e. The predicted molar refractivity (Wildman–Crippen MR) is 121 cm³/mol. The summed E-state index contributed by atoms with van der Waals surface area (Å²) in [4.78, 5) is 16.5. The number of benzene rings is 2. The van der Waals surface area contributed by atoms with E-state index in [2.05, 4.69) is 36.3 Å². The van der Waals surface area contributed by atoms with Crippen LogP contribution >= 0.6 is 0 Å². The van der Waals surface area contributed by atoms with Gasteiger partial charge in [-0.2, -0.15) is 0 Å². The topological polar surface area (TPSA) is 77.2 Å². The number of nitrogen functional groups attached to an aromatic ring is 1. The third kappa shape index (κ3) is 5.38. The molecule has 0 aliphatic rings. The lowest BCUT2D eigenvalue weighted by molar-refractivity contribution is 0.0951. The van der Waals surface area contributed by atoms with E-state index >= 15 is 0 Å². The number of pyridine rings is 1. The molecule has 1 amide bonds. The van der Waals surface area contributed by atoms with Crippen molar-refractivity contribution in [3.05, 3.63) is 83.0 Å². The number of nitrogens with two attached hydrogens (primary N) is 1. The number of nitrogens with one attached hydrogen (secondary N) is 1. The number of hydrogen-bond acceptors (Lipinski definition) is 4. The average molecular weight is 404 g/mol. The van der Waals surface area contributed by atoms with Crippen molar-refractivity contribution in [1.82, 2.24) is 10.3 Å². The highest BCUT2D eigenvalue weighted by Gasteiger charge is 2.11. The Morgan fingerprint density at radius 3 is 2.43 bits per heavy atom. The third-order valence-electron chi connectivity index (χ3n) is 5.24. The fourth-order valence-electron chi connectivity index (χ4n) is 3.45. The van der Waals surface area contributed by atoms with Crippen LogP contribution < -0.4 is 15.8 Å². The Hall–Kier alpha value is -3.34. The zero-order chi connectivity index (χ0) is 21.5. The quantitative estimate of drug-likeness (QED) is 0.513. The van der Waals surface area contributed by atoms with E-state index in [-0.39, 0.29) is 11.7 Å². The molecule has 0 unspecified atom stereocenters. The number of amides is 1. The summed E-state index contributed by atoms with van der Waals surface area (Å²) in [5.41, 5.74) is 9.29. The smallest absolute Gasteiger partial charge is 0.255 e. The summed E-state index contributed by atoms with van der Waals surface area (Å²) < 4.78 is 6.02. The lowest BCUT2D eigenvalue weighted by Gasteiger charge is -2.14. The molecule has 3 rings (SSSR count). The number of anilines is 1. The highest BCUT2D eigenvalue weighted by atomic mass is 16.5. The second-order valence-corrected chi connectivity index (χ2v) is 7.40. The largest absolute Gasteiger partial charge is 0.457 e. The molecule has 0 fully saturated rings. The number of aromatic nitrogens is 1. The van der Waals surface area contributed by atoms with Crippen LogP contribution in [0.3, 0.4) is 0 Å². The summed E-state index contributed by atoms with van der Waals surface area (Å²) in [5.74, 6) is 2.16. The van der Waals surface area contributed by atoms with E-state index in [0.717, 1.165) is 35.6 Å². The Morgan fingerprint density at radius 1 is 1.03 bits per heavy atom. The number of carbonyl (C=O) groups is 1. The molecule has 3 aromatic rings. The first-order valence-corrected chi connectivity index (χ1v) is 10.4. The van der Waals surface area contributed by atoms with Gasteiger partial charge in [0.15, 0.2) is 0 Å². The Bertz CT molecular complexity index is 996. The van der Waals surface area contributed by atoms with E-state index in [1.54, 1.807) is 12.1 Å². The second kappa shape index (κ2) is 9.92. The fraction of sp³-hybridized carbons (Fsp3) is 0.280. The molecule has 1 heterocycles. The standard InChI is InChI=1S/C25H29N3O2/c1-4-19(5-2)20-7-6-8-22(15-20)30-21-12-10-18(11-13-21)16-27-25(29)23-14-9-17(3)28-24(23)26/h6-15,19H,4-5,16H2,1-3H3,(H2,26,28)(H,27,29). The molecule has 1 aromatic heterocycles. The van der Waals surface area contributed by atoms with Crippen molar-refractivity contribution in [2.24, 2.45) is 0 Å². The Labute approximate surface area is 178 Å². The Kier molecular flexibility index (Phi) is 7.07. The van der Waals surface area contributed by atoms with Crippen molar-refractivity contribution in [3.8, 4) is 11.5 Å². The molecule has 0 bridgehead atoms. The van der Waals surface area contributed by atoms with Gasteiger partial charge in [0.25, 0.3) is 5.91 Å². The summed E-state index contributed by atoms with van der Waals surface area (Å²) in [6.45, 7) is 6.66. The first-order chi connectivity index (χ1) is 14.5. The number of nitrogens with zero attached hydrogens (tertiary/aromatic N) is 1. The van der Waals surface area contributed by atoms with E-state index in [9.17, 15) is 4.79 Å². The SMILES string of the molecule is CCC(CC)c1cccc(Oc2ccc(CNC(=O)c3ccc(C)nc3N)cc2)c1. The molecular formula is C25H29N3O2.